The molecule has 4 heteroatoms. The maximum Gasteiger partial charge on any atom is 0.264 e. The first-order chi connectivity index (χ1) is 7.80. The zero-order valence-electron chi connectivity index (χ0n) is 10.4. The third kappa shape index (κ3) is 2.69. The minimum Gasteiger partial charge on any atom is -0.262 e. The van der Waals surface area contributed by atoms with E-state index < -0.39 is 10.1 Å². The van der Waals surface area contributed by atoms with Crippen molar-refractivity contribution >= 4 is 10.1 Å². The summed E-state index contributed by atoms with van der Waals surface area (Å²) in [7, 11) is -3.40. The third-order valence-corrected chi connectivity index (χ3v) is 3.94. The second-order valence-corrected chi connectivity index (χ2v) is 6.90. The SMILES string of the molecule is CC1(C)CCC(OS(C)(=O)=O)c2ccccc21. The Kier molecular flexibility index (Phi) is 3.04. The molecule has 1 aliphatic rings. The van der Waals surface area contributed by atoms with Gasteiger partial charge in [-0.15, -0.1) is 0 Å². The zero-order valence-corrected chi connectivity index (χ0v) is 11.3. The predicted octanol–water partition coefficient (Wildman–Crippen LogP) is 2.78. The van der Waals surface area contributed by atoms with Crippen LogP contribution in [0.1, 0.15) is 43.9 Å². The van der Waals surface area contributed by atoms with E-state index in [1.165, 1.54) is 5.56 Å². The molecule has 0 bridgehead atoms. The summed E-state index contributed by atoms with van der Waals surface area (Å²) < 4.78 is 27.7. The fraction of sp³-hybridized carbons (Fsp3) is 0.538. The summed E-state index contributed by atoms with van der Waals surface area (Å²) in [6.45, 7) is 4.37. The summed E-state index contributed by atoms with van der Waals surface area (Å²) in [5.74, 6) is 0. The van der Waals surface area contributed by atoms with E-state index in [2.05, 4.69) is 19.9 Å². The Balaban J connectivity index is 2.42. The van der Waals surface area contributed by atoms with Crippen LogP contribution in [0.3, 0.4) is 0 Å². The maximum absolute atomic E-state index is 11.2. The zero-order chi connectivity index (χ0) is 12.7. The smallest absolute Gasteiger partial charge is 0.262 e. The minimum absolute atomic E-state index is 0.0912. The van der Waals surface area contributed by atoms with Gasteiger partial charge in [0.1, 0.15) is 6.10 Å². The molecular weight excluding hydrogens is 236 g/mol. The Bertz CT molecular complexity index is 517. The minimum atomic E-state index is -3.40. The normalized spacial score (nSPS) is 23.1. The van der Waals surface area contributed by atoms with Gasteiger partial charge in [-0.25, -0.2) is 0 Å². The molecule has 0 heterocycles. The fourth-order valence-corrected chi connectivity index (χ4v) is 3.11. The van der Waals surface area contributed by atoms with Gasteiger partial charge in [0.15, 0.2) is 0 Å². The van der Waals surface area contributed by atoms with Crippen molar-refractivity contribution in [3.05, 3.63) is 35.4 Å². The van der Waals surface area contributed by atoms with Crippen molar-refractivity contribution in [1.29, 1.82) is 0 Å². The fourth-order valence-electron chi connectivity index (χ4n) is 2.49. The van der Waals surface area contributed by atoms with Gasteiger partial charge in [-0.1, -0.05) is 38.1 Å². The Hall–Kier alpha value is -0.870. The van der Waals surface area contributed by atoms with E-state index in [0.717, 1.165) is 24.7 Å². The van der Waals surface area contributed by atoms with E-state index in [0.29, 0.717) is 0 Å². The largest absolute Gasteiger partial charge is 0.264 e. The Morgan fingerprint density at radius 2 is 1.94 bits per heavy atom. The van der Waals surface area contributed by atoms with Crippen molar-refractivity contribution in [3.8, 4) is 0 Å². The average Bonchev–Trinajstić information content (AvgIpc) is 2.21. The summed E-state index contributed by atoms with van der Waals surface area (Å²) in [6.07, 6.45) is 2.46. The molecule has 0 N–H and O–H groups in total. The monoisotopic (exact) mass is 254 g/mol. The molecule has 0 fully saturated rings. The van der Waals surface area contributed by atoms with Crippen LogP contribution in [0, 0.1) is 0 Å². The second kappa shape index (κ2) is 4.10. The van der Waals surface area contributed by atoms with Crippen LogP contribution in [0.5, 0.6) is 0 Å². The quantitative estimate of drug-likeness (QED) is 0.762. The lowest BCUT2D eigenvalue weighted by Gasteiger charge is -2.36. The summed E-state index contributed by atoms with van der Waals surface area (Å²) in [4.78, 5) is 0. The summed E-state index contributed by atoms with van der Waals surface area (Å²) in [5, 5.41) is 0. The molecular formula is C13H18O3S. The molecule has 1 unspecified atom stereocenters. The van der Waals surface area contributed by atoms with Crippen molar-refractivity contribution in [3.63, 3.8) is 0 Å². The molecule has 1 aromatic carbocycles. The molecule has 2 rings (SSSR count). The van der Waals surface area contributed by atoms with Gasteiger partial charge in [0.2, 0.25) is 0 Å². The first-order valence-electron chi connectivity index (χ1n) is 5.77. The van der Waals surface area contributed by atoms with Gasteiger partial charge in [0, 0.05) is 0 Å². The average molecular weight is 254 g/mol. The van der Waals surface area contributed by atoms with E-state index in [9.17, 15) is 8.42 Å². The molecule has 1 aromatic rings. The van der Waals surface area contributed by atoms with Gasteiger partial charge < -0.3 is 0 Å². The van der Waals surface area contributed by atoms with Crippen LogP contribution in [-0.4, -0.2) is 14.7 Å². The lowest BCUT2D eigenvalue weighted by molar-refractivity contribution is 0.173. The molecule has 0 radical (unpaired) electrons. The van der Waals surface area contributed by atoms with Gasteiger partial charge in [-0.2, -0.15) is 8.42 Å². The Labute approximate surface area is 103 Å². The van der Waals surface area contributed by atoms with Gasteiger partial charge >= 0.3 is 0 Å². The predicted molar refractivity (Wildman–Crippen MR) is 67.4 cm³/mol. The van der Waals surface area contributed by atoms with Crippen LogP contribution in [-0.2, 0) is 19.7 Å². The highest BCUT2D eigenvalue weighted by atomic mass is 32.2. The number of hydrogen-bond acceptors (Lipinski definition) is 3. The number of fused-ring (bicyclic) bond motifs is 1. The Morgan fingerprint density at radius 3 is 2.59 bits per heavy atom. The van der Waals surface area contributed by atoms with Crippen molar-refractivity contribution in [2.45, 2.75) is 38.2 Å². The molecule has 0 saturated heterocycles. The van der Waals surface area contributed by atoms with Crippen LogP contribution in [0.4, 0.5) is 0 Å². The van der Waals surface area contributed by atoms with Crippen molar-refractivity contribution in [2.75, 3.05) is 6.26 Å². The molecule has 0 aliphatic heterocycles. The first-order valence-corrected chi connectivity index (χ1v) is 7.59. The topological polar surface area (TPSA) is 43.4 Å². The molecule has 3 nitrogen and oxygen atoms in total. The number of benzene rings is 1. The van der Waals surface area contributed by atoms with Crippen LogP contribution in [0.25, 0.3) is 0 Å². The van der Waals surface area contributed by atoms with Crippen LogP contribution in [0.15, 0.2) is 24.3 Å². The lowest BCUT2D eigenvalue weighted by Crippen LogP contribution is -2.28. The van der Waals surface area contributed by atoms with Crippen molar-refractivity contribution in [1.82, 2.24) is 0 Å². The van der Waals surface area contributed by atoms with E-state index >= 15 is 0 Å². The lowest BCUT2D eigenvalue weighted by atomic mass is 9.72. The second-order valence-electron chi connectivity index (χ2n) is 5.30. The van der Waals surface area contributed by atoms with E-state index in [-0.39, 0.29) is 11.5 Å². The van der Waals surface area contributed by atoms with Gasteiger partial charge in [0.05, 0.1) is 6.26 Å². The molecule has 0 amide bonds. The van der Waals surface area contributed by atoms with E-state index in [4.69, 9.17) is 4.18 Å². The molecule has 17 heavy (non-hydrogen) atoms. The molecule has 0 aromatic heterocycles. The molecule has 1 aliphatic carbocycles. The van der Waals surface area contributed by atoms with Crippen LogP contribution < -0.4 is 0 Å². The summed E-state index contributed by atoms with van der Waals surface area (Å²) in [5.41, 5.74) is 2.29. The highest BCUT2D eigenvalue weighted by Crippen LogP contribution is 2.43. The molecule has 0 saturated carbocycles. The highest BCUT2D eigenvalue weighted by molar-refractivity contribution is 7.86. The maximum atomic E-state index is 11.2. The van der Waals surface area contributed by atoms with Gasteiger partial charge in [0.25, 0.3) is 10.1 Å². The van der Waals surface area contributed by atoms with Gasteiger partial charge in [-0.3, -0.25) is 4.18 Å². The van der Waals surface area contributed by atoms with E-state index in [1.54, 1.807) is 0 Å². The number of hydrogen-bond donors (Lipinski definition) is 0. The van der Waals surface area contributed by atoms with Crippen molar-refractivity contribution < 1.29 is 12.6 Å². The Morgan fingerprint density at radius 1 is 1.29 bits per heavy atom. The van der Waals surface area contributed by atoms with Crippen LogP contribution >= 0.6 is 0 Å². The van der Waals surface area contributed by atoms with Gasteiger partial charge in [-0.05, 0) is 29.4 Å². The first kappa shape index (κ1) is 12.6. The van der Waals surface area contributed by atoms with Crippen LogP contribution in [0.2, 0.25) is 0 Å². The standard InChI is InChI=1S/C13H18O3S/c1-13(2)9-8-12(16-17(3,14)15)10-6-4-5-7-11(10)13/h4-7,12H,8-9H2,1-3H3. The molecule has 0 spiro atoms. The third-order valence-electron chi connectivity index (χ3n) is 3.36. The highest BCUT2D eigenvalue weighted by Gasteiger charge is 2.34. The molecule has 1 atom stereocenters. The number of rotatable bonds is 2. The molecule has 94 valence electrons. The summed E-state index contributed by atoms with van der Waals surface area (Å²) >= 11 is 0. The van der Waals surface area contributed by atoms with Crippen molar-refractivity contribution in [2.24, 2.45) is 0 Å². The summed E-state index contributed by atoms with van der Waals surface area (Å²) in [6, 6.07) is 7.95. The van der Waals surface area contributed by atoms with E-state index in [1.807, 2.05) is 18.2 Å².